The molecule has 1 aliphatic rings. The van der Waals surface area contributed by atoms with Crippen LogP contribution in [0.5, 0.6) is 0 Å². The molecule has 21 heavy (non-hydrogen) atoms. The zero-order valence-electron chi connectivity index (χ0n) is 12.1. The van der Waals surface area contributed by atoms with E-state index in [4.69, 9.17) is 5.11 Å². The number of nitrogens with one attached hydrogen (secondary N) is 1. The van der Waals surface area contributed by atoms with Crippen molar-refractivity contribution in [3.63, 3.8) is 0 Å². The molecule has 0 aliphatic heterocycles. The molecule has 2 aromatic rings. The fourth-order valence-electron chi connectivity index (χ4n) is 3.04. The monoisotopic (exact) mass is 289 g/mol. The minimum Gasteiger partial charge on any atom is -0.394 e. The van der Waals surface area contributed by atoms with Crippen LogP contribution in [0.15, 0.2) is 30.6 Å². The van der Waals surface area contributed by atoms with Gasteiger partial charge in [-0.3, -0.25) is 4.68 Å². The maximum Gasteiger partial charge on any atom is 0.126 e. The molecule has 112 valence electrons. The predicted molar refractivity (Wildman–Crippen MR) is 79.6 cm³/mol. The Kier molecular flexibility index (Phi) is 3.92. The van der Waals surface area contributed by atoms with Gasteiger partial charge in [-0.25, -0.2) is 4.39 Å². The van der Waals surface area contributed by atoms with Gasteiger partial charge in [0.05, 0.1) is 31.1 Å². The van der Waals surface area contributed by atoms with Crippen molar-refractivity contribution < 1.29 is 9.50 Å². The topological polar surface area (TPSA) is 50.1 Å². The molecule has 2 atom stereocenters. The summed E-state index contributed by atoms with van der Waals surface area (Å²) < 4.78 is 15.6. The number of anilines is 1. The second-order valence-electron chi connectivity index (χ2n) is 5.66. The van der Waals surface area contributed by atoms with Crippen molar-refractivity contribution in [3.8, 4) is 0 Å². The predicted octanol–water partition coefficient (Wildman–Crippen LogP) is 2.75. The van der Waals surface area contributed by atoms with Gasteiger partial charge in [-0.05, 0) is 36.0 Å². The normalized spacial score (nSPS) is 21.1. The van der Waals surface area contributed by atoms with Crippen LogP contribution in [0.25, 0.3) is 0 Å². The Morgan fingerprint density at radius 3 is 3.14 bits per heavy atom. The van der Waals surface area contributed by atoms with Gasteiger partial charge in [0, 0.05) is 6.20 Å². The molecular formula is C16H20FN3O. The number of aromatic nitrogens is 2. The highest BCUT2D eigenvalue weighted by atomic mass is 19.1. The van der Waals surface area contributed by atoms with E-state index in [0.717, 1.165) is 29.7 Å². The van der Waals surface area contributed by atoms with E-state index < -0.39 is 0 Å². The average molecular weight is 289 g/mol. The molecule has 1 aromatic carbocycles. The molecule has 0 amide bonds. The van der Waals surface area contributed by atoms with Crippen LogP contribution in [-0.4, -0.2) is 21.5 Å². The summed E-state index contributed by atoms with van der Waals surface area (Å²) in [7, 11) is 0. The van der Waals surface area contributed by atoms with Gasteiger partial charge < -0.3 is 10.4 Å². The SMILES string of the molecule is CC1CCc2c(F)cccc2C1Nc1cnn(CCO)c1. The summed E-state index contributed by atoms with van der Waals surface area (Å²) in [5.74, 6) is 0.322. The molecule has 4 nitrogen and oxygen atoms in total. The van der Waals surface area contributed by atoms with Crippen LogP contribution in [-0.2, 0) is 13.0 Å². The Hall–Kier alpha value is -1.88. The number of halogens is 1. The molecule has 1 aromatic heterocycles. The fourth-order valence-corrected chi connectivity index (χ4v) is 3.04. The van der Waals surface area contributed by atoms with Crippen molar-refractivity contribution in [2.75, 3.05) is 11.9 Å². The van der Waals surface area contributed by atoms with Gasteiger partial charge in [-0.1, -0.05) is 19.1 Å². The molecule has 0 radical (unpaired) electrons. The quantitative estimate of drug-likeness (QED) is 0.910. The molecule has 0 saturated carbocycles. The van der Waals surface area contributed by atoms with Gasteiger partial charge in [0.2, 0.25) is 0 Å². The number of nitrogens with zero attached hydrogens (tertiary/aromatic N) is 2. The van der Waals surface area contributed by atoms with Crippen LogP contribution < -0.4 is 5.32 Å². The summed E-state index contributed by atoms with van der Waals surface area (Å²) in [6.45, 7) is 2.73. The minimum atomic E-state index is -0.109. The summed E-state index contributed by atoms with van der Waals surface area (Å²) in [5.41, 5.74) is 2.77. The van der Waals surface area contributed by atoms with E-state index >= 15 is 0 Å². The van der Waals surface area contributed by atoms with Crippen molar-refractivity contribution in [2.24, 2.45) is 5.92 Å². The van der Waals surface area contributed by atoms with E-state index in [2.05, 4.69) is 17.3 Å². The van der Waals surface area contributed by atoms with E-state index in [9.17, 15) is 4.39 Å². The first-order valence-corrected chi connectivity index (χ1v) is 7.36. The standard InChI is InChI=1S/C16H20FN3O/c1-11-5-6-13-14(3-2-4-15(13)17)16(11)19-12-9-18-20(10-12)7-8-21/h2-4,9-11,16,19,21H,5-8H2,1H3. The smallest absolute Gasteiger partial charge is 0.126 e. The van der Waals surface area contributed by atoms with Crippen molar-refractivity contribution in [2.45, 2.75) is 32.4 Å². The third kappa shape index (κ3) is 2.78. The maximum atomic E-state index is 13.9. The molecule has 2 unspecified atom stereocenters. The third-order valence-corrected chi connectivity index (χ3v) is 4.19. The highest BCUT2D eigenvalue weighted by Crippen LogP contribution is 2.37. The van der Waals surface area contributed by atoms with Crippen LogP contribution in [0.1, 0.15) is 30.5 Å². The number of aliphatic hydroxyl groups is 1. The van der Waals surface area contributed by atoms with Gasteiger partial charge in [0.25, 0.3) is 0 Å². The minimum absolute atomic E-state index is 0.0645. The summed E-state index contributed by atoms with van der Waals surface area (Å²) >= 11 is 0. The molecule has 0 bridgehead atoms. The van der Waals surface area contributed by atoms with Crippen molar-refractivity contribution in [3.05, 3.63) is 47.5 Å². The van der Waals surface area contributed by atoms with Gasteiger partial charge in [-0.15, -0.1) is 0 Å². The van der Waals surface area contributed by atoms with E-state index in [1.807, 2.05) is 12.3 Å². The fraction of sp³-hybridized carbons (Fsp3) is 0.438. The molecule has 0 fully saturated rings. The molecule has 0 spiro atoms. The van der Waals surface area contributed by atoms with E-state index in [0.29, 0.717) is 12.5 Å². The molecule has 0 saturated heterocycles. The molecule has 5 heteroatoms. The Balaban J connectivity index is 1.86. The van der Waals surface area contributed by atoms with Crippen LogP contribution >= 0.6 is 0 Å². The highest BCUT2D eigenvalue weighted by Gasteiger charge is 2.28. The summed E-state index contributed by atoms with van der Waals surface area (Å²) in [5, 5.41) is 16.6. The van der Waals surface area contributed by atoms with Gasteiger partial charge >= 0.3 is 0 Å². The lowest BCUT2D eigenvalue weighted by molar-refractivity contribution is 0.269. The average Bonchev–Trinajstić information content (AvgIpc) is 2.90. The molecule has 1 heterocycles. The largest absolute Gasteiger partial charge is 0.394 e. The van der Waals surface area contributed by atoms with Crippen LogP contribution in [0.2, 0.25) is 0 Å². The Bertz CT molecular complexity index is 626. The lowest BCUT2D eigenvalue weighted by Gasteiger charge is -2.32. The lowest BCUT2D eigenvalue weighted by Crippen LogP contribution is -2.25. The van der Waals surface area contributed by atoms with E-state index in [1.54, 1.807) is 16.9 Å². The van der Waals surface area contributed by atoms with Crippen LogP contribution in [0.4, 0.5) is 10.1 Å². The molecule has 1 aliphatic carbocycles. The Morgan fingerprint density at radius 2 is 2.33 bits per heavy atom. The zero-order chi connectivity index (χ0) is 14.8. The second kappa shape index (κ2) is 5.85. The number of aliphatic hydroxyl groups excluding tert-OH is 1. The summed E-state index contributed by atoms with van der Waals surface area (Å²) in [6.07, 6.45) is 5.38. The Morgan fingerprint density at radius 1 is 1.48 bits per heavy atom. The first kappa shape index (κ1) is 14.1. The first-order valence-electron chi connectivity index (χ1n) is 7.36. The number of fused-ring (bicyclic) bond motifs is 1. The number of benzene rings is 1. The maximum absolute atomic E-state index is 13.9. The first-order chi connectivity index (χ1) is 10.2. The number of hydrogen-bond donors (Lipinski definition) is 2. The van der Waals surface area contributed by atoms with Gasteiger partial charge in [-0.2, -0.15) is 5.10 Å². The molecule has 3 rings (SSSR count). The molecular weight excluding hydrogens is 269 g/mol. The van der Waals surface area contributed by atoms with Gasteiger partial charge in [0.15, 0.2) is 0 Å². The zero-order valence-corrected chi connectivity index (χ0v) is 12.1. The van der Waals surface area contributed by atoms with Crippen molar-refractivity contribution in [1.29, 1.82) is 0 Å². The van der Waals surface area contributed by atoms with Crippen molar-refractivity contribution >= 4 is 5.69 Å². The summed E-state index contributed by atoms with van der Waals surface area (Å²) in [6, 6.07) is 5.40. The molecule has 2 N–H and O–H groups in total. The lowest BCUT2D eigenvalue weighted by atomic mass is 9.80. The van der Waals surface area contributed by atoms with E-state index in [-0.39, 0.29) is 18.5 Å². The third-order valence-electron chi connectivity index (χ3n) is 4.19. The summed E-state index contributed by atoms with van der Waals surface area (Å²) in [4.78, 5) is 0. The van der Waals surface area contributed by atoms with Gasteiger partial charge in [0.1, 0.15) is 5.82 Å². The van der Waals surface area contributed by atoms with Crippen molar-refractivity contribution in [1.82, 2.24) is 9.78 Å². The second-order valence-corrected chi connectivity index (χ2v) is 5.66. The number of hydrogen-bond acceptors (Lipinski definition) is 3. The van der Waals surface area contributed by atoms with E-state index in [1.165, 1.54) is 6.07 Å². The number of rotatable bonds is 4. The Labute approximate surface area is 123 Å². The highest BCUT2D eigenvalue weighted by molar-refractivity contribution is 5.45. The van der Waals surface area contributed by atoms with Crippen LogP contribution in [0.3, 0.4) is 0 Å². The van der Waals surface area contributed by atoms with Crippen LogP contribution in [0, 0.1) is 11.7 Å².